The maximum Gasteiger partial charge on any atom is 0.319 e. The number of esters is 1. The Morgan fingerprint density at radius 2 is 2.50 bits per heavy atom. The molecule has 0 amide bonds. The molecule has 1 atom stereocenters. The van der Waals surface area contributed by atoms with Gasteiger partial charge in [-0.25, -0.2) is 4.98 Å². The molecule has 0 fully saturated rings. The zero-order valence-electron chi connectivity index (χ0n) is 8.23. The monoisotopic (exact) mass is 215 g/mol. The number of hydrogen-bond donors (Lipinski definition) is 0. The Hall–Kier alpha value is -0.970. The van der Waals surface area contributed by atoms with E-state index >= 15 is 0 Å². The first-order valence-electron chi connectivity index (χ1n) is 4.50. The highest BCUT2D eigenvalue weighted by molar-refractivity contribution is 8.00. The summed E-state index contributed by atoms with van der Waals surface area (Å²) in [6.45, 7) is 4.12. The van der Waals surface area contributed by atoms with E-state index in [9.17, 15) is 4.79 Å². The lowest BCUT2D eigenvalue weighted by Crippen LogP contribution is -2.19. The summed E-state index contributed by atoms with van der Waals surface area (Å²) in [5.74, 6) is -0.210. The minimum absolute atomic E-state index is 0.210. The van der Waals surface area contributed by atoms with E-state index in [1.807, 2.05) is 6.92 Å². The third-order valence-corrected chi connectivity index (χ3v) is 2.79. The summed E-state index contributed by atoms with van der Waals surface area (Å²) in [6, 6.07) is 0. The van der Waals surface area contributed by atoms with Crippen LogP contribution in [0.4, 0.5) is 0 Å². The number of nitrogens with zero attached hydrogens (tertiary/aromatic N) is 1. The minimum Gasteiger partial charge on any atom is -0.465 e. The van der Waals surface area contributed by atoms with Crippen LogP contribution in [-0.4, -0.2) is 22.8 Å². The van der Waals surface area contributed by atoms with Crippen molar-refractivity contribution in [2.75, 3.05) is 6.61 Å². The van der Waals surface area contributed by atoms with Gasteiger partial charge in [0.1, 0.15) is 11.5 Å². The molecule has 4 nitrogen and oxygen atoms in total. The SMILES string of the molecule is CCOC(=O)[C@H](CC)Sc1ncco1. The molecular weight excluding hydrogens is 202 g/mol. The van der Waals surface area contributed by atoms with Crippen LogP contribution in [0.3, 0.4) is 0 Å². The second kappa shape index (κ2) is 5.70. The highest BCUT2D eigenvalue weighted by Crippen LogP contribution is 2.24. The Labute approximate surface area is 87.0 Å². The fourth-order valence-corrected chi connectivity index (χ4v) is 1.73. The van der Waals surface area contributed by atoms with E-state index in [-0.39, 0.29) is 11.2 Å². The predicted molar refractivity (Wildman–Crippen MR) is 53.1 cm³/mol. The smallest absolute Gasteiger partial charge is 0.319 e. The van der Waals surface area contributed by atoms with E-state index in [2.05, 4.69) is 4.98 Å². The van der Waals surface area contributed by atoms with Gasteiger partial charge in [-0.2, -0.15) is 0 Å². The van der Waals surface area contributed by atoms with Gasteiger partial charge in [-0.1, -0.05) is 18.7 Å². The minimum atomic E-state index is -0.228. The maximum absolute atomic E-state index is 11.4. The van der Waals surface area contributed by atoms with Crippen molar-refractivity contribution in [3.8, 4) is 0 Å². The van der Waals surface area contributed by atoms with Crippen LogP contribution in [0.1, 0.15) is 20.3 Å². The molecule has 14 heavy (non-hydrogen) atoms. The van der Waals surface area contributed by atoms with Gasteiger partial charge in [0, 0.05) is 0 Å². The van der Waals surface area contributed by atoms with Crippen molar-refractivity contribution in [3.63, 3.8) is 0 Å². The molecule has 0 saturated carbocycles. The largest absolute Gasteiger partial charge is 0.465 e. The highest BCUT2D eigenvalue weighted by Gasteiger charge is 2.20. The number of oxazole rings is 1. The van der Waals surface area contributed by atoms with Gasteiger partial charge in [0.05, 0.1) is 12.8 Å². The van der Waals surface area contributed by atoms with Gasteiger partial charge < -0.3 is 9.15 Å². The molecule has 78 valence electrons. The fraction of sp³-hybridized carbons (Fsp3) is 0.556. The number of rotatable bonds is 5. The molecule has 1 heterocycles. The van der Waals surface area contributed by atoms with E-state index < -0.39 is 0 Å². The number of carbonyl (C=O) groups excluding carboxylic acids is 1. The van der Waals surface area contributed by atoms with Crippen LogP contribution in [0.2, 0.25) is 0 Å². The zero-order valence-corrected chi connectivity index (χ0v) is 9.04. The Morgan fingerprint density at radius 1 is 1.71 bits per heavy atom. The van der Waals surface area contributed by atoms with Crippen molar-refractivity contribution in [1.29, 1.82) is 0 Å². The quantitative estimate of drug-likeness (QED) is 0.556. The molecule has 0 N–H and O–H groups in total. The summed E-state index contributed by atoms with van der Waals surface area (Å²) in [7, 11) is 0. The average molecular weight is 215 g/mol. The molecular formula is C9H13NO3S. The summed E-state index contributed by atoms with van der Waals surface area (Å²) < 4.78 is 9.95. The van der Waals surface area contributed by atoms with Crippen LogP contribution in [0.15, 0.2) is 22.1 Å². The van der Waals surface area contributed by atoms with E-state index in [0.29, 0.717) is 18.3 Å². The summed E-state index contributed by atoms with van der Waals surface area (Å²) in [5.41, 5.74) is 0. The van der Waals surface area contributed by atoms with Gasteiger partial charge in [-0.05, 0) is 13.3 Å². The number of hydrogen-bond acceptors (Lipinski definition) is 5. The number of ether oxygens (including phenoxy) is 1. The first-order valence-corrected chi connectivity index (χ1v) is 5.38. The molecule has 1 aromatic heterocycles. The summed E-state index contributed by atoms with van der Waals surface area (Å²) in [6.07, 6.45) is 3.74. The number of carbonyl (C=O) groups is 1. The molecule has 0 aliphatic rings. The second-order valence-corrected chi connectivity index (χ2v) is 3.72. The number of thioether (sulfide) groups is 1. The van der Waals surface area contributed by atoms with Gasteiger partial charge in [-0.15, -0.1) is 0 Å². The Balaban J connectivity index is 2.50. The van der Waals surface area contributed by atoms with Crippen LogP contribution < -0.4 is 0 Å². The van der Waals surface area contributed by atoms with Crippen molar-refractivity contribution >= 4 is 17.7 Å². The third kappa shape index (κ3) is 3.06. The first kappa shape index (κ1) is 11.1. The van der Waals surface area contributed by atoms with Crippen molar-refractivity contribution < 1.29 is 13.9 Å². The molecule has 0 saturated heterocycles. The zero-order chi connectivity index (χ0) is 10.4. The molecule has 0 unspecified atom stereocenters. The summed E-state index contributed by atoms with van der Waals surface area (Å²) >= 11 is 1.29. The Bertz CT molecular complexity index is 274. The van der Waals surface area contributed by atoms with E-state index in [0.717, 1.165) is 0 Å². The lowest BCUT2D eigenvalue weighted by atomic mass is 10.3. The molecule has 0 spiro atoms. The van der Waals surface area contributed by atoms with Crippen molar-refractivity contribution in [1.82, 2.24) is 4.98 Å². The topological polar surface area (TPSA) is 52.3 Å². The van der Waals surface area contributed by atoms with E-state index in [4.69, 9.17) is 9.15 Å². The average Bonchev–Trinajstić information content (AvgIpc) is 2.66. The highest BCUT2D eigenvalue weighted by atomic mass is 32.2. The van der Waals surface area contributed by atoms with Gasteiger partial charge in [0.25, 0.3) is 5.22 Å². The molecule has 0 radical (unpaired) electrons. The normalized spacial score (nSPS) is 12.4. The molecule has 1 rings (SSSR count). The number of aromatic nitrogens is 1. The van der Waals surface area contributed by atoms with Crippen LogP contribution in [0.25, 0.3) is 0 Å². The first-order chi connectivity index (χ1) is 6.77. The van der Waals surface area contributed by atoms with Crippen LogP contribution in [0, 0.1) is 0 Å². The molecule has 0 aliphatic carbocycles. The van der Waals surface area contributed by atoms with Crippen LogP contribution >= 0.6 is 11.8 Å². The molecule has 1 aromatic rings. The second-order valence-electron chi connectivity index (χ2n) is 2.56. The molecule has 0 bridgehead atoms. The van der Waals surface area contributed by atoms with Crippen molar-refractivity contribution in [2.24, 2.45) is 0 Å². The van der Waals surface area contributed by atoms with Gasteiger partial charge >= 0.3 is 5.97 Å². The lowest BCUT2D eigenvalue weighted by molar-refractivity contribution is -0.142. The van der Waals surface area contributed by atoms with E-state index in [1.165, 1.54) is 18.0 Å². The predicted octanol–water partition coefficient (Wildman–Crippen LogP) is 2.11. The summed E-state index contributed by atoms with van der Waals surface area (Å²) in [4.78, 5) is 15.3. The van der Waals surface area contributed by atoms with Gasteiger partial charge in [0.15, 0.2) is 0 Å². The van der Waals surface area contributed by atoms with Crippen LogP contribution in [-0.2, 0) is 9.53 Å². The Morgan fingerprint density at radius 3 is 3.00 bits per heavy atom. The standard InChI is InChI=1S/C9H13NO3S/c1-3-7(8(11)12-4-2)14-9-10-5-6-13-9/h5-7H,3-4H2,1-2H3/t7-/m0/s1. The van der Waals surface area contributed by atoms with E-state index in [1.54, 1.807) is 13.1 Å². The van der Waals surface area contributed by atoms with Crippen molar-refractivity contribution in [2.45, 2.75) is 30.7 Å². The molecule has 5 heteroatoms. The lowest BCUT2D eigenvalue weighted by Gasteiger charge is -2.10. The molecule has 0 aromatic carbocycles. The van der Waals surface area contributed by atoms with Crippen molar-refractivity contribution in [3.05, 3.63) is 12.5 Å². The van der Waals surface area contributed by atoms with Crippen LogP contribution in [0.5, 0.6) is 0 Å². The third-order valence-electron chi connectivity index (χ3n) is 1.57. The van der Waals surface area contributed by atoms with Gasteiger partial charge in [0.2, 0.25) is 0 Å². The molecule has 0 aliphatic heterocycles. The maximum atomic E-state index is 11.4. The summed E-state index contributed by atoms with van der Waals surface area (Å²) in [5, 5.41) is 0.276. The Kier molecular flexibility index (Phi) is 4.52. The fourth-order valence-electron chi connectivity index (χ4n) is 0.924. The van der Waals surface area contributed by atoms with Gasteiger partial charge in [-0.3, -0.25) is 4.79 Å².